The number of aromatic nitrogens is 3. The summed E-state index contributed by atoms with van der Waals surface area (Å²) in [5.74, 6) is 0.643. The van der Waals surface area contributed by atoms with Gasteiger partial charge in [0, 0.05) is 30.1 Å². The third kappa shape index (κ3) is 4.27. The second-order valence-corrected chi connectivity index (χ2v) is 9.07. The van der Waals surface area contributed by atoms with Crippen LogP contribution in [0.3, 0.4) is 0 Å². The number of nitrogens with one attached hydrogen (secondary N) is 2. The average molecular weight is 445 g/mol. The molecule has 0 saturated carbocycles. The molecule has 1 aliphatic heterocycles. The predicted molar refractivity (Wildman–Crippen MR) is 104 cm³/mol. The highest BCUT2D eigenvalue weighted by molar-refractivity contribution is 9.10. The van der Waals surface area contributed by atoms with Gasteiger partial charge in [-0.25, -0.2) is 13.5 Å². The van der Waals surface area contributed by atoms with Crippen LogP contribution in [-0.4, -0.2) is 54.7 Å². The summed E-state index contributed by atoms with van der Waals surface area (Å²) in [7, 11) is -3.40. The van der Waals surface area contributed by atoms with Crippen LogP contribution >= 0.6 is 15.9 Å². The number of anilines is 3. The molecule has 0 radical (unpaired) electrons. The van der Waals surface area contributed by atoms with Gasteiger partial charge in [0.05, 0.1) is 11.9 Å². The summed E-state index contributed by atoms with van der Waals surface area (Å²) in [5, 5.41) is 16.6. The van der Waals surface area contributed by atoms with Gasteiger partial charge in [-0.05, 0) is 36.1 Å². The predicted octanol–water partition coefficient (Wildman–Crippen LogP) is 1.12. The summed E-state index contributed by atoms with van der Waals surface area (Å²) in [4.78, 5) is 6.10. The number of aliphatic hydroxyl groups excluding tert-OH is 1. The maximum atomic E-state index is 11.7. The lowest BCUT2D eigenvalue weighted by atomic mass is 9.80. The SMILES string of the molecule is CS(=O)(=O)Nc1ccc(Br)cc1C1CCN(c2n[nH]c(N)n2)CC1CO. The molecular formula is C15H21BrN6O3S. The molecule has 142 valence electrons. The molecule has 2 atom stereocenters. The number of sulfonamides is 1. The fourth-order valence-electron chi connectivity index (χ4n) is 3.35. The minimum absolute atomic E-state index is 0.00529. The summed E-state index contributed by atoms with van der Waals surface area (Å²) < 4.78 is 26.8. The molecule has 0 bridgehead atoms. The zero-order valence-corrected chi connectivity index (χ0v) is 16.6. The molecule has 1 aromatic heterocycles. The van der Waals surface area contributed by atoms with Crippen LogP contribution < -0.4 is 15.4 Å². The Bertz CT molecular complexity index is 887. The number of nitrogen functional groups attached to an aromatic ring is 1. The van der Waals surface area contributed by atoms with Gasteiger partial charge in [-0.3, -0.25) is 4.72 Å². The summed E-state index contributed by atoms with van der Waals surface area (Å²) in [5.41, 5.74) is 6.99. The summed E-state index contributed by atoms with van der Waals surface area (Å²) in [6.07, 6.45) is 1.84. The molecule has 2 aromatic rings. The van der Waals surface area contributed by atoms with E-state index in [9.17, 15) is 13.5 Å². The summed E-state index contributed by atoms with van der Waals surface area (Å²) >= 11 is 3.45. The second kappa shape index (κ2) is 7.41. The van der Waals surface area contributed by atoms with E-state index in [0.717, 1.165) is 16.3 Å². The van der Waals surface area contributed by atoms with Crippen molar-refractivity contribution in [2.75, 3.05) is 41.3 Å². The van der Waals surface area contributed by atoms with Crippen LogP contribution in [0.15, 0.2) is 22.7 Å². The average Bonchev–Trinajstić information content (AvgIpc) is 3.01. The van der Waals surface area contributed by atoms with E-state index in [0.29, 0.717) is 31.1 Å². The molecule has 1 aromatic carbocycles. The number of hydrogen-bond donors (Lipinski definition) is 4. The largest absolute Gasteiger partial charge is 0.396 e. The van der Waals surface area contributed by atoms with Crippen molar-refractivity contribution in [3.05, 3.63) is 28.2 Å². The van der Waals surface area contributed by atoms with Crippen molar-refractivity contribution >= 4 is 43.5 Å². The van der Waals surface area contributed by atoms with Crippen LogP contribution in [0.25, 0.3) is 0 Å². The number of rotatable bonds is 5. The van der Waals surface area contributed by atoms with Crippen molar-refractivity contribution in [3.8, 4) is 0 Å². The smallest absolute Gasteiger partial charge is 0.246 e. The third-order valence-electron chi connectivity index (χ3n) is 4.45. The molecule has 0 spiro atoms. The molecule has 5 N–H and O–H groups in total. The maximum Gasteiger partial charge on any atom is 0.246 e. The van der Waals surface area contributed by atoms with E-state index in [1.165, 1.54) is 0 Å². The van der Waals surface area contributed by atoms with Crippen molar-refractivity contribution in [1.82, 2.24) is 15.2 Å². The van der Waals surface area contributed by atoms with Crippen LogP contribution in [0.4, 0.5) is 17.6 Å². The molecule has 1 fully saturated rings. The van der Waals surface area contributed by atoms with Crippen LogP contribution in [-0.2, 0) is 10.0 Å². The van der Waals surface area contributed by atoms with E-state index < -0.39 is 10.0 Å². The molecule has 11 heteroatoms. The number of H-pyrrole nitrogens is 1. The van der Waals surface area contributed by atoms with E-state index in [4.69, 9.17) is 5.73 Å². The summed E-state index contributed by atoms with van der Waals surface area (Å²) in [6, 6.07) is 5.43. The van der Waals surface area contributed by atoms with Crippen molar-refractivity contribution < 1.29 is 13.5 Å². The van der Waals surface area contributed by atoms with Gasteiger partial charge in [0.15, 0.2) is 0 Å². The molecule has 26 heavy (non-hydrogen) atoms. The molecule has 1 saturated heterocycles. The summed E-state index contributed by atoms with van der Waals surface area (Å²) in [6.45, 7) is 1.18. The minimum Gasteiger partial charge on any atom is -0.396 e. The topological polar surface area (TPSA) is 137 Å². The number of piperidine rings is 1. The standard InChI is InChI=1S/C15H21BrN6O3S/c1-26(24,25)21-13-3-2-10(16)6-12(13)11-4-5-22(7-9(11)8-23)15-18-14(17)19-20-15/h2-3,6,9,11,21,23H,4-5,7-8H2,1H3,(H3,17,18,19,20). The number of nitrogens with zero attached hydrogens (tertiary/aromatic N) is 3. The van der Waals surface area contributed by atoms with Crippen molar-refractivity contribution in [3.63, 3.8) is 0 Å². The number of aliphatic hydroxyl groups is 1. The Morgan fingerprint density at radius 2 is 2.27 bits per heavy atom. The fourth-order valence-corrected chi connectivity index (χ4v) is 4.31. The molecule has 1 aliphatic rings. The van der Waals surface area contributed by atoms with Gasteiger partial charge in [0.1, 0.15) is 0 Å². The second-order valence-electron chi connectivity index (χ2n) is 6.41. The number of benzene rings is 1. The van der Waals surface area contributed by atoms with Gasteiger partial charge in [0.2, 0.25) is 21.9 Å². The first kappa shape index (κ1) is 18.9. The maximum absolute atomic E-state index is 11.7. The lowest BCUT2D eigenvalue weighted by Crippen LogP contribution is -2.41. The van der Waals surface area contributed by atoms with Gasteiger partial charge in [0.25, 0.3) is 0 Å². The molecule has 0 amide bonds. The first-order valence-electron chi connectivity index (χ1n) is 8.07. The normalized spacial score (nSPS) is 21.0. The Morgan fingerprint density at radius 1 is 1.50 bits per heavy atom. The zero-order valence-electron chi connectivity index (χ0n) is 14.2. The Morgan fingerprint density at radius 3 is 2.88 bits per heavy atom. The number of nitrogens with two attached hydrogens (primary N) is 1. The van der Waals surface area contributed by atoms with Gasteiger partial charge in [-0.2, -0.15) is 4.98 Å². The first-order chi connectivity index (χ1) is 12.3. The molecule has 9 nitrogen and oxygen atoms in total. The number of hydrogen-bond acceptors (Lipinski definition) is 7. The van der Waals surface area contributed by atoms with Crippen molar-refractivity contribution in [2.45, 2.75) is 12.3 Å². The lowest BCUT2D eigenvalue weighted by Gasteiger charge is -2.38. The highest BCUT2D eigenvalue weighted by Crippen LogP contribution is 2.39. The Hall–Kier alpha value is -1.85. The molecular weight excluding hydrogens is 424 g/mol. The Kier molecular flexibility index (Phi) is 5.39. The molecule has 2 heterocycles. The third-order valence-corrected chi connectivity index (χ3v) is 5.53. The molecule has 3 rings (SSSR count). The van der Waals surface area contributed by atoms with Gasteiger partial charge in [-0.15, -0.1) is 5.10 Å². The molecule has 0 aliphatic carbocycles. The van der Waals surface area contributed by atoms with Crippen LogP contribution in [0, 0.1) is 5.92 Å². The highest BCUT2D eigenvalue weighted by Gasteiger charge is 2.33. The van der Waals surface area contributed by atoms with E-state index in [-0.39, 0.29) is 24.4 Å². The number of aromatic amines is 1. The van der Waals surface area contributed by atoms with Gasteiger partial charge >= 0.3 is 0 Å². The minimum atomic E-state index is -3.40. The van der Waals surface area contributed by atoms with Crippen molar-refractivity contribution in [2.24, 2.45) is 5.92 Å². The number of halogens is 1. The van der Waals surface area contributed by atoms with Crippen LogP contribution in [0.5, 0.6) is 0 Å². The van der Waals surface area contributed by atoms with Gasteiger partial charge in [-0.1, -0.05) is 15.9 Å². The fraction of sp³-hybridized carbons (Fsp3) is 0.467. The van der Waals surface area contributed by atoms with E-state index in [2.05, 4.69) is 35.8 Å². The van der Waals surface area contributed by atoms with E-state index in [1.807, 2.05) is 11.0 Å². The van der Waals surface area contributed by atoms with Gasteiger partial charge < -0.3 is 15.7 Å². The zero-order chi connectivity index (χ0) is 18.9. The lowest BCUT2D eigenvalue weighted by molar-refractivity contribution is 0.189. The first-order valence-corrected chi connectivity index (χ1v) is 10.8. The quantitative estimate of drug-likeness (QED) is 0.541. The Labute approximate surface area is 160 Å². The van der Waals surface area contributed by atoms with E-state index in [1.54, 1.807) is 12.1 Å². The molecule has 2 unspecified atom stereocenters. The highest BCUT2D eigenvalue weighted by atomic mass is 79.9. The Balaban J connectivity index is 1.88. The van der Waals surface area contributed by atoms with Crippen molar-refractivity contribution in [1.29, 1.82) is 0 Å². The monoisotopic (exact) mass is 444 g/mol. The van der Waals surface area contributed by atoms with Crippen LogP contribution in [0.1, 0.15) is 17.9 Å². The van der Waals surface area contributed by atoms with E-state index >= 15 is 0 Å². The van der Waals surface area contributed by atoms with Crippen LogP contribution in [0.2, 0.25) is 0 Å².